The van der Waals surface area contributed by atoms with Crippen LogP contribution >= 0.6 is 38.9 Å². The lowest BCUT2D eigenvalue weighted by atomic mass is 10.1. The zero-order chi connectivity index (χ0) is 18.8. The molecule has 0 spiro atoms. The minimum Gasteiger partial charge on any atom is -0.480 e. The fraction of sp³-hybridized carbons (Fsp3) is 0.143. The van der Waals surface area contributed by atoms with Gasteiger partial charge in [-0.05, 0) is 39.2 Å². The largest absolute Gasteiger partial charge is 0.480 e. The van der Waals surface area contributed by atoms with Crippen molar-refractivity contribution in [1.29, 1.82) is 0 Å². The van der Waals surface area contributed by atoms with E-state index in [4.69, 9.17) is 22.1 Å². The van der Waals surface area contributed by atoms with E-state index in [9.17, 15) is 8.42 Å². The zero-order valence-electron chi connectivity index (χ0n) is 13.2. The quantitative estimate of drug-likeness (QED) is 0.385. The molecule has 25 heavy (non-hydrogen) atoms. The Bertz CT molecular complexity index is 953. The number of anilines is 1. The van der Waals surface area contributed by atoms with Crippen molar-refractivity contribution in [3.8, 4) is 5.88 Å². The van der Waals surface area contributed by atoms with E-state index in [2.05, 4.69) is 37.2 Å². The molecule has 2 aromatic heterocycles. The molecule has 0 fully saturated rings. The number of sulfonamides is 1. The molecule has 2 rings (SSSR count). The van der Waals surface area contributed by atoms with E-state index in [1.165, 1.54) is 24.6 Å². The van der Waals surface area contributed by atoms with E-state index in [0.717, 1.165) is 6.26 Å². The molecule has 0 aromatic carbocycles. The number of hydrogen-bond acceptors (Lipinski definition) is 6. The van der Waals surface area contributed by atoms with Gasteiger partial charge in [0.25, 0.3) is 0 Å². The second-order valence-corrected chi connectivity index (χ2v) is 8.70. The summed E-state index contributed by atoms with van der Waals surface area (Å²) in [7, 11) is -2.10. The average Bonchev–Trinajstić information content (AvgIpc) is 2.85. The molecule has 3 N–H and O–H groups in total. The number of ether oxygens (including phenoxy) is 1. The smallest absolute Gasteiger partial charge is 0.238 e. The number of aliphatic imine (C=N–C) groups is 1. The SMILES string of the molecule is C=C(c1cnc(OC)c(NS(C)(=O)=O)c1)c1scc(Br)c1/N=C(\N)Cl. The highest BCUT2D eigenvalue weighted by molar-refractivity contribution is 9.10. The van der Waals surface area contributed by atoms with E-state index in [1.54, 1.807) is 6.07 Å². The summed E-state index contributed by atoms with van der Waals surface area (Å²) in [5.74, 6) is 0.151. The Balaban J connectivity index is 2.51. The van der Waals surface area contributed by atoms with Crippen LogP contribution in [-0.2, 0) is 10.0 Å². The molecule has 0 aliphatic carbocycles. The predicted octanol–water partition coefficient (Wildman–Crippen LogP) is 3.53. The van der Waals surface area contributed by atoms with Crippen molar-refractivity contribution in [2.45, 2.75) is 0 Å². The summed E-state index contributed by atoms with van der Waals surface area (Å²) in [4.78, 5) is 8.92. The van der Waals surface area contributed by atoms with Crippen LogP contribution in [0.1, 0.15) is 10.4 Å². The van der Waals surface area contributed by atoms with E-state index in [0.29, 0.717) is 26.2 Å². The zero-order valence-corrected chi connectivity index (χ0v) is 17.2. The molecular formula is C14H14BrClN4O3S2. The number of rotatable bonds is 6. The minimum absolute atomic E-state index is 0.111. The molecule has 2 heterocycles. The molecule has 0 saturated carbocycles. The Morgan fingerprint density at radius 2 is 2.24 bits per heavy atom. The summed E-state index contributed by atoms with van der Waals surface area (Å²) in [6, 6.07) is 1.58. The summed E-state index contributed by atoms with van der Waals surface area (Å²) in [5.41, 5.74) is 7.37. The molecule has 0 radical (unpaired) electrons. The Kier molecular flexibility index (Phi) is 6.09. The van der Waals surface area contributed by atoms with Gasteiger partial charge in [0.15, 0.2) is 5.29 Å². The Morgan fingerprint density at radius 3 is 2.80 bits per heavy atom. The lowest BCUT2D eigenvalue weighted by Crippen LogP contribution is -2.11. The van der Waals surface area contributed by atoms with Crippen molar-refractivity contribution >= 4 is 71.1 Å². The van der Waals surface area contributed by atoms with E-state index in [1.807, 2.05) is 5.38 Å². The van der Waals surface area contributed by atoms with Crippen molar-refractivity contribution in [2.24, 2.45) is 10.7 Å². The molecule has 0 saturated heterocycles. The fourth-order valence-corrected chi connectivity index (χ4v) is 4.13. The van der Waals surface area contributed by atoms with E-state index >= 15 is 0 Å². The van der Waals surface area contributed by atoms with Gasteiger partial charge in [-0.3, -0.25) is 4.72 Å². The molecule has 2 aromatic rings. The van der Waals surface area contributed by atoms with Gasteiger partial charge in [-0.2, -0.15) is 0 Å². The number of methoxy groups -OCH3 is 1. The maximum Gasteiger partial charge on any atom is 0.238 e. The Labute approximate surface area is 162 Å². The van der Waals surface area contributed by atoms with Crippen molar-refractivity contribution in [1.82, 2.24) is 4.98 Å². The molecule has 7 nitrogen and oxygen atoms in total. The summed E-state index contributed by atoms with van der Waals surface area (Å²) >= 11 is 10.4. The molecule has 0 atom stereocenters. The van der Waals surface area contributed by atoms with Crippen LogP contribution < -0.4 is 15.2 Å². The summed E-state index contributed by atoms with van der Waals surface area (Å²) in [6.45, 7) is 4.05. The number of aromatic nitrogens is 1. The molecule has 0 unspecified atom stereocenters. The number of halogens is 2. The molecule has 0 aliphatic rings. The third-order valence-electron chi connectivity index (χ3n) is 2.90. The number of hydrogen-bond donors (Lipinski definition) is 2. The summed E-state index contributed by atoms with van der Waals surface area (Å²) in [5, 5.41) is 1.71. The van der Waals surface area contributed by atoms with Gasteiger partial charge >= 0.3 is 0 Å². The van der Waals surface area contributed by atoms with Crippen molar-refractivity contribution in [3.05, 3.63) is 39.1 Å². The van der Waals surface area contributed by atoms with Gasteiger partial charge in [-0.15, -0.1) is 11.3 Å². The first-order chi connectivity index (χ1) is 11.6. The first-order valence-electron chi connectivity index (χ1n) is 6.60. The van der Waals surface area contributed by atoms with Crippen molar-refractivity contribution in [3.63, 3.8) is 0 Å². The lowest BCUT2D eigenvalue weighted by Gasteiger charge is -2.12. The predicted molar refractivity (Wildman–Crippen MR) is 107 cm³/mol. The third-order valence-corrected chi connectivity index (χ3v) is 5.51. The molecule has 11 heteroatoms. The second-order valence-electron chi connectivity index (χ2n) is 4.83. The highest BCUT2D eigenvalue weighted by Gasteiger charge is 2.17. The van der Waals surface area contributed by atoms with Crippen LogP contribution in [0.15, 0.2) is 33.7 Å². The normalized spacial score (nSPS) is 12.1. The number of nitrogens with two attached hydrogens (primary N) is 1. The van der Waals surface area contributed by atoms with Gasteiger partial charge in [0.2, 0.25) is 15.9 Å². The van der Waals surface area contributed by atoms with Gasteiger partial charge < -0.3 is 10.5 Å². The van der Waals surface area contributed by atoms with E-state index < -0.39 is 10.0 Å². The second kappa shape index (κ2) is 7.73. The standard InChI is InChI=1S/C14H14BrClN4O3S2/c1-7(12-11(19-14(16)17)9(15)6-24-12)8-4-10(20-25(3,21)22)13(23-2)18-5-8/h4-6,20H,1H2,2-3H3,(H2,17,19). The number of nitrogens with one attached hydrogen (secondary N) is 1. The first-order valence-corrected chi connectivity index (χ1v) is 10.5. The van der Waals surface area contributed by atoms with Gasteiger partial charge in [0, 0.05) is 17.1 Å². The number of thiophene rings is 1. The highest BCUT2D eigenvalue weighted by atomic mass is 79.9. The van der Waals surface area contributed by atoms with Crippen LogP contribution in [0.25, 0.3) is 5.57 Å². The first kappa shape index (κ1) is 19.7. The molecule has 0 bridgehead atoms. The van der Waals surface area contributed by atoms with Gasteiger partial charge in [-0.1, -0.05) is 6.58 Å². The number of nitrogens with zero attached hydrogens (tertiary/aromatic N) is 2. The maximum atomic E-state index is 11.5. The monoisotopic (exact) mass is 464 g/mol. The molecule has 0 aliphatic heterocycles. The topological polar surface area (TPSA) is 107 Å². The van der Waals surface area contributed by atoms with Gasteiger partial charge in [0.05, 0.1) is 28.4 Å². The van der Waals surface area contributed by atoms with Crippen molar-refractivity contribution in [2.75, 3.05) is 18.1 Å². The molecule has 0 amide bonds. The third kappa shape index (κ3) is 4.94. The Hall–Kier alpha value is -1.62. The lowest BCUT2D eigenvalue weighted by molar-refractivity contribution is 0.400. The maximum absolute atomic E-state index is 11.5. The van der Waals surface area contributed by atoms with Gasteiger partial charge in [-0.25, -0.2) is 18.4 Å². The van der Waals surface area contributed by atoms with Crippen LogP contribution in [0.2, 0.25) is 0 Å². The Morgan fingerprint density at radius 1 is 1.56 bits per heavy atom. The van der Waals surface area contributed by atoms with Gasteiger partial charge in [0.1, 0.15) is 5.69 Å². The van der Waals surface area contributed by atoms with Crippen LogP contribution in [0.3, 0.4) is 0 Å². The van der Waals surface area contributed by atoms with Crippen LogP contribution in [0, 0.1) is 0 Å². The minimum atomic E-state index is -3.50. The van der Waals surface area contributed by atoms with E-state index in [-0.39, 0.29) is 16.9 Å². The van der Waals surface area contributed by atoms with Crippen LogP contribution in [-0.4, -0.2) is 32.1 Å². The number of pyridine rings is 1. The molecular weight excluding hydrogens is 452 g/mol. The fourth-order valence-electron chi connectivity index (χ4n) is 1.94. The van der Waals surface area contributed by atoms with Crippen molar-refractivity contribution < 1.29 is 13.2 Å². The highest BCUT2D eigenvalue weighted by Crippen LogP contribution is 2.42. The molecule has 134 valence electrons. The van der Waals surface area contributed by atoms with Crippen LogP contribution in [0.5, 0.6) is 5.88 Å². The summed E-state index contributed by atoms with van der Waals surface area (Å²) < 4.78 is 31.2. The average molecular weight is 466 g/mol. The van der Waals surface area contributed by atoms with Crippen LogP contribution in [0.4, 0.5) is 11.4 Å². The summed E-state index contributed by atoms with van der Waals surface area (Å²) in [6.07, 6.45) is 2.57. The number of amidine groups is 1.